The molecule has 0 unspecified atom stereocenters. The summed E-state index contributed by atoms with van der Waals surface area (Å²) in [5.41, 5.74) is 0.260. The number of carbonyl (C=O) groups excluding carboxylic acids is 1. The third kappa shape index (κ3) is 2.66. The van der Waals surface area contributed by atoms with E-state index in [0.717, 1.165) is 5.76 Å². The van der Waals surface area contributed by atoms with Crippen LogP contribution in [0.1, 0.15) is 21.9 Å². The minimum Gasteiger partial charge on any atom is -0.507 e. The number of rotatable bonds is 3. The molecule has 0 aliphatic heterocycles. The van der Waals surface area contributed by atoms with Crippen molar-refractivity contribution < 1.29 is 14.3 Å². The van der Waals surface area contributed by atoms with E-state index >= 15 is 0 Å². The highest BCUT2D eigenvalue weighted by molar-refractivity contribution is 5.96. The number of benzene rings is 1. The zero-order valence-electron chi connectivity index (χ0n) is 9.43. The molecular weight excluding hydrogens is 218 g/mol. The molecule has 88 valence electrons. The van der Waals surface area contributed by atoms with Crippen LogP contribution in [0.15, 0.2) is 40.8 Å². The number of phenolic OH excluding ortho intramolecular Hbond substituents is 1. The van der Waals surface area contributed by atoms with Crippen molar-refractivity contribution in [2.75, 3.05) is 0 Å². The van der Waals surface area contributed by atoms with E-state index in [9.17, 15) is 9.90 Å². The van der Waals surface area contributed by atoms with Gasteiger partial charge in [0.2, 0.25) is 0 Å². The van der Waals surface area contributed by atoms with E-state index < -0.39 is 0 Å². The standard InChI is InChI=1S/C13H13NO3/c1-9-6-7-10(17-9)8-14-13(16)11-4-2-3-5-12(11)15/h2-7,15H,8H2,1H3,(H,14,16). The van der Waals surface area contributed by atoms with E-state index in [0.29, 0.717) is 12.3 Å². The molecule has 1 heterocycles. The third-order valence-corrected chi connectivity index (χ3v) is 2.37. The Bertz CT molecular complexity index is 531. The van der Waals surface area contributed by atoms with Gasteiger partial charge in [-0.2, -0.15) is 0 Å². The smallest absolute Gasteiger partial charge is 0.255 e. The lowest BCUT2D eigenvalue weighted by Crippen LogP contribution is -2.22. The van der Waals surface area contributed by atoms with Crippen LogP contribution in [-0.4, -0.2) is 11.0 Å². The molecule has 4 nitrogen and oxygen atoms in total. The van der Waals surface area contributed by atoms with Crippen molar-refractivity contribution in [2.24, 2.45) is 0 Å². The average molecular weight is 231 g/mol. The first kappa shape index (κ1) is 11.3. The molecule has 2 aromatic rings. The molecule has 1 aromatic heterocycles. The van der Waals surface area contributed by atoms with E-state index in [2.05, 4.69) is 5.32 Å². The second kappa shape index (κ2) is 4.74. The van der Waals surface area contributed by atoms with E-state index in [-0.39, 0.29) is 17.2 Å². The van der Waals surface area contributed by atoms with Gasteiger partial charge in [-0.25, -0.2) is 0 Å². The maximum atomic E-state index is 11.7. The number of amides is 1. The highest BCUT2D eigenvalue weighted by atomic mass is 16.3. The van der Waals surface area contributed by atoms with Crippen LogP contribution in [0, 0.1) is 6.92 Å². The molecule has 4 heteroatoms. The Kier molecular flexibility index (Phi) is 3.14. The molecule has 0 radical (unpaired) electrons. The molecule has 0 bridgehead atoms. The highest BCUT2D eigenvalue weighted by Gasteiger charge is 2.10. The lowest BCUT2D eigenvalue weighted by Gasteiger charge is -2.04. The molecule has 0 saturated carbocycles. The zero-order chi connectivity index (χ0) is 12.3. The van der Waals surface area contributed by atoms with E-state index in [1.54, 1.807) is 24.3 Å². The molecule has 17 heavy (non-hydrogen) atoms. The summed E-state index contributed by atoms with van der Waals surface area (Å²) < 4.78 is 5.32. The van der Waals surface area contributed by atoms with Crippen molar-refractivity contribution in [3.05, 3.63) is 53.5 Å². The van der Waals surface area contributed by atoms with Gasteiger partial charge in [-0.05, 0) is 31.2 Å². The highest BCUT2D eigenvalue weighted by Crippen LogP contribution is 2.15. The Hall–Kier alpha value is -2.23. The quantitative estimate of drug-likeness (QED) is 0.851. The maximum Gasteiger partial charge on any atom is 0.255 e. The van der Waals surface area contributed by atoms with Gasteiger partial charge in [-0.3, -0.25) is 4.79 Å². The normalized spacial score (nSPS) is 10.2. The summed E-state index contributed by atoms with van der Waals surface area (Å²) >= 11 is 0. The number of para-hydroxylation sites is 1. The summed E-state index contributed by atoms with van der Waals surface area (Å²) in [7, 11) is 0. The monoisotopic (exact) mass is 231 g/mol. The number of carbonyl (C=O) groups is 1. The second-order valence-electron chi connectivity index (χ2n) is 3.71. The zero-order valence-corrected chi connectivity index (χ0v) is 9.43. The van der Waals surface area contributed by atoms with Crippen molar-refractivity contribution in [3.63, 3.8) is 0 Å². The Balaban J connectivity index is 2.01. The van der Waals surface area contributed by atoms with Gasteiger partial charge in [0.05, 0.1) is 12.1 Å². The lowest BCUT2D eigenvalue weighted by molar-refractivity contribution is 0.0945. The summed E-state index contributed by atoms with van der Waals surface area (Å²) in [5.74, 6) is 1.14. The van der Waals surface area contributed by atoms with Crippen LogP contribution < -0.4 is 5.32 Å². The molecule has 0 aliphatic rings. The van der Waals surface area contributed by atoms with Gasteiger partial charge >= 0.3 is 0 Å². The van der Waals surface area contributed by atoms with Gasteiger partial charge in [0.1, 0.15) is 17.3 Å². The first-order valence-electron chi connectivity index (χ1n) is 5.28. The summed E-state index contributed by atoms with van der Waals surface area (Å²) in [5, 5.41) is 12.2. The molecular formula is C13H13NO3. The molecule has 0 saturated heterocycles. The topological polar surface area (TPSA) is 62.5 Å². The minimum atomic E-state index is -0.322. The number of hydrogen-bond acceptors (Lipinski definition) is 3. The molecule has 1 amide bonds. The SMILES string of the molecule is Cc1ccc(CNC(=O)c2ccccc2O)o1. The van der Waals surface area contributed by atoms with Gasteiger partial charge in [-0.15, -0.1) is 0 Å². The van der Waals surface area contributed by atoms with E-state index in [1.807, 2.05) is 13.0 Å². The molecule has 0 atom stereocenters. The predicted octanol–water partition coefficient (Wildman–Crippen LogP) is 2.22. The first-order valence-corrected chi connectivity index (χ1v) is 5.28. The van der Waals surface area contributed by atoms with Gasteiger partial charge < -0.3 is 14.8 Å². The molecule has 1 aromatic carbocycles. The van der Waals surface area contributed by atoms with Crippen LogP contribution in [0.2, 0.25) is 0 Å². The number of aryl methyl sites for hydroxylation is 1. The summed E-state index contributed by atoms with van der Waals surface area (Å²) in [6.45, 7) is 2.15. The van der Waals surface area contributed by atoms with Crippen molar-refractivity contribution in [1.29, 1.82) is 0 Å². The fourth-order valence-electron chi connectivity index (χ4n) is 1.51. The van der Waals surface area contributed by atoms with Crippen molar-refractivity contribution >= 4 is 5.91 Å². The van der Waals surface area contributed by atoms with Crippen molar-refractivity contribution in [3.8, 4) is 5.75 Å². The number of furan rings is 1. The van der Waals surface area contributed by atoms with Gasteiger partial charge in [-0.1, -0.05) is 12.1 Å². The van der Waals surface area contributed by atoms with Gasteiger partial charge in [0.15, 0.2) is 0 Å². The van der Waals surface area contributed by atoms with Gasteiger partial charge in [0.25, 0.3) is 5.91 Å². The molecule has 0 spiro atoms. The van der Waals surface area contributed by atoms with Crippen LogP contribution in [0.5, 0.6) is 5.75 Å². The third-order valence-electron chi connectivity index (χ3n) is 2.37. The summed E-state index contributed by atoms with van der Waals surface area (Å²) in [4.78, 5) is 11.7. The number of hydrogen-bond donors (Lipinski definition) is 2. The molecule has 0 fully saturated rings. The van der Waals surface area contributed by atoms with Crippen molar-refractivity contribution in [2.45, 2.75) is 13.5 Å². The maximum absolute atomic E-state index is 11.7. The molecule has 2 rings (SSSR count). The number of nitrogens with one attached hydrogen (secondary N) is 1. The van der Waals surface area contributed by atoms with E-state index in [4.69, 9.17) is 4.42 Å². The average Bonchev–Trinajstić information content (AvgIpc) is 2.73. The fourth-order valence-corrected chi connectivity index (χ4v) is 1.51. The molecule has 0 aliphatic carbocycles. The predicted molar refractivity (Wildman–Crippen MR) is 62.7 cm³/mol. The second-order valence-corrected chi connectivity index (χ2v) is 3.71. The van der Waals surface area contributed by atoms with Crippen LogP contribution in [0.3, 0.4) is 0 Å². The Morgan fingerprint density at radius 3 is 2.71 bits per heavy atom. The first-order chi connectivity index (χ1) is 8.16. The van der Waals surface area contributed by atoms with E-state index in [1.165, 1.54) is 6.07 Å². The van der Waals surface area contributed by atoms with Crippen LogP contribution in [0.4, 0.5) is 0 Å². The van der Waals surface area contributed by atoms with Crippen LogP contribution >= 0.6 is 0 Å². The van der Waals surface area contributed by atoms with Crippen LogP contribution in [0.25, 0.3) is 0 Å². The number of aromatic hydroxyl groups is 1. The molecule has 2 N–H and O–H groups in total. The Morgan fingerprint density at radius 1 is 1.29 bits per heavy atom. The van der Waals surface area contributed by atoms with Crippen LogP contribution in [-0.2, 0) is 6.54 Å². The largest absolute Gasteiger partial charge is 0.507 e. The summed E-state index contributed by atoms with van der Waals surface area (Å²) in [6, 6.07) is 10.1. The fraction of sp³-hybridized carbons (Fsp3) is 0.154. The Morgan fingerprint density at radius 2 is 2.06 bits per heavy atom. The number of phenols is 1. The van der Waals surface area contributed by atoms with Gasteiger partial charge in [0, 0.05) is 0 Å². The summed E-state index contributed by atoms with van der Waals surface area (Å²) in [6.07, 6.45) is 0. The Labute approximate surface area is 98.9 Å². The lowest BCUT2D eigenvalue weighted by atomic mass is 10.2. The van der Waals surface area contributed by atoms with Crippen molar-refractivity contribution in [1.82, 2.24) is 5.32 Å². The minimum absolute atomic E-state index is 0.0272.